The molecule has 1 aliphatic heterocycles. The number of ether oxygens (including phenoxy) is 2. The smallest absolute Gasteiger partial charge is 0.303 e. The van der Waals surface area contributed by atoms with Gasteiger partial charge in [0.05, 0.1) is 13.2 Å². The van der Waals surface area contributed by atoms with Crippen LogP contribution in [0.5, 0.6) is 11.5 Å². The number of amides is 1. The quantitative estimate of drug-likeness (QED) is 0.167. The van der Waals surface area contributed by atoms with Crippen LogP contribution in [0.2, 0.25) is 0 Å². The first-order valence-electron chi connectivity index (χ1n) is 14.1. The molecule has 3 rings (SSSR count). The van der Waals surface area contributed by atoms with Crippen molar-refractivity contribution in [3.05, 3.63) is 23.3 Å². The minimum absolute atomic E-state index is 0.0135. The number of aliphatic imine (C=N–C) groups is 1. The van der Waals surface area contributed by atoms with Gasteiger partial charge in [0.25, 0.3) is 0 Å². The lowest BCUT2D eigenvalue weighted by Crippen LogP contribution is -2.45. The largest absolute Gasteiger partial charge is 0.504 e. The third-order valence-corrected chi connectivity index (χ3v) is 8.18. The van der Waals surface area contributed by atoms with E-state index in [1.54, 1.807) is 11.0 Å². The van der Waals surface area contributed by atoms with E-state index < -0.39 is 11.7 Å². The summed E-state index contributed by atoms with van der Waals surface area (Å²) in [6.45, 7) is 4.86. The molecule has 6 N–H and O–H groups in total. The average molecular weight is 547 g/mol. The SMILES string of the molecule is CCCC[C@H]1CC[C@](CCc2cc(CN3C[C@H](CCN=C(N)N)CC3=O)c(O)c(OC)c2)(OC(C)=O)C[C@H]1O. The highest BCUT2D eigenvalue weighted by molar-refractivity contribution is 5.79. The zero-order chi connectivity index (χ0) is 28.6. The lowest BCUT2D eigenvalue weighted by molar-refractivity contribution is -0.168. The molecule has 1 amide bonds. The number of carbonyl (C=O) groups excluding carboxylic acids is 2. The molecular weight excluding hydrogens is 500 g/mol. The van der Waals surface area contributed by atoms with Crippen LogP contribution in [0.1, 0.15) is 82.8 Å². The third kappa shape index (κ3) is 8.49. The summed E-state index contributed by atoms with van der Waals surface area (Å²) >= 11 is 0. The van der Waals surface area contributed by atoms with Gasteiger partial charge in [0.2, 0.25) is 5.91 Å². The van der Waals surface area contributed by atoms with Crippen molar-refractivity contribution in [3.8, 4) is 11.5 Å². The van der Waals surface area contributed by atoms with Gasteiger partial charge < -0.3 is 36.1 Å². The number of benzene rings is 1. The molecule has 2 aliphatic rings. The maximum absolute atomic E-state index is 12.7. The second-order valence-corrected chi connectivity index (χ2v) is 11.2. The summed E-state index contributed by atoms with van der Waals surface area (Å²) in [6.07, 6.45) is 6.84. The molecule has 1 heterocycles. The Morgan fingerprint density at radius 1 is 1.28 bits per heavy atom. The molecule has 4 atom stereocenters. The van der Waals surface area contributed by atoms with E-state index in [2.05, 4.69) is 11.9 Å². The number of methoxy groups -OCH3 is 1. The van der Waals surface area contributed by atoms with Gasteiger partial charge in [-0.25, -0.2) is 0 Å². The van der Waals surface area contributed by atoms with E-state index in [-0.39, 0.29) is 42.0 Å². The Bertz CT molecular complexity index is 1030. The van der Waals surface area contributed by atoms with E-state index >= 15 is 0 Å². The summed E-state index contributed by atoms with van der Waals surface area (Å²) in [5, 5.41) is 21.7. The van der Waals surface area contributed by atoms with E-state index in [4.69, 9.17) is 20.9 Å². The van der Waals surface area contributed by atoms with Crippen molar-refractivity contribution in [2.75, 3.05) is 20.2 Å². The fraction of sp³-hybridized carbons (Fsp3) is 0.690. The summed E-state index contributed by atoms with van der Waals surface area (Å²) in [4.78, 5) is 30.5. The van der Waals surface area contributed by atoms with Crippen molar-refractivity contribution in [2.45, 2.75) is 96.3 Å². The number of aromatic hydroxyl groups is 1. The Hall–Kier alpha value is -3.01. The lowest BCUT2D eigenvalue weighted by atomic mass is 9.72. The predicted octanol–water partition coefficient (Wildman–Crippen LogP) is 3.00. The van der Waals surface area contributed by atoms with Crippen LogP contribution in [0, 0.1) is 11.8 Å². The monoisotopic (exact) mass is 546 g/mol. The van der Waals surface area contributed by atoms with Crippen molar-refractivity contribution >= 4 is 17.8 Å². The highest BCUT2D eigenvalue weighted by atomic mass is 16.6. The number of esters is 1. The number of aryl methyl sites for hydroxylation is 1. The Kier molecular flexibility index (Phi) is 10.9. The molecule has 0 bridgehead atoms. The number of likely N-dealkylation sites (tertiary alicyclic amines) is 1. The third-order valence-electron chi connectivity index (χ3n) is 8.18. The Morgan fingerprint density at radius 3 is 2.69 bits per heavy atom. The maximum atomic E-state index is 12.7. The van der Waals surface area contributed by atoms with Gasteiger partial charge in [-0.15, -0.1) is 0 Å². The molecule has 39 heavy (non-hydrogen) atoms. The molecule has 1 saturated heterocycles. The van der Waals surface area contributed by atoms with Gasteiger partial charge in [-0.05, 0) is 62.0 Å². The number of aliphatic hydroxyl groups excluding tert-OH is 1. The van der Waals surface area contributed by atoms with Crippen LogP contribution in [0.15, 0.2) is 17.1 Å². The Labute approximate surface area is 231 Å². The Morgan fingerprint density at radius 2 is 2.05 bits per heavy atom. The topological polar surface area (TPSA) is 161 Å². The molecule has 0 aromatic heterocycles. The second kappa shape index (κ2) is 13.9. The first-order chi connectivity index (χ1) is 18.6. The van der Waals surface area contributed by atoms with Crippen LogP contribution in [-0.4, -0.2) is 64.9 Å². The normalized spacial score (nSPS) is 25.0. The summed E-state index contributed by atoms with van der Waals surface area (Å²) in [6, 6.07) is 3.68. The Balaban J connectivity index is 1.71. The molecule has 10 heteroatoms. The fourth-order valence-corrected chi connectivity index (χ4v) is 6.07. The minimum atomic E-state index is -0.729. The van der Waals surface area contributed by atoms with Gasteiger partial charge in [-0.1, -0.05) is 25.8 Å². The highest BCUT2D eigenvalue weighted by Crippen LogP contribution is 2.41. The number of rotatable bonds is 13. The van der Waals surface area contributed by atoms with Crippen molar-refractivity contribution in [1.29, 1.82) is 0 Å². The predicted molar refractivity (Wildman–Crippen MR) is 149 cm³/mol. The summed E-state index contributed by atoms with van der Waals surface area (Å²) in [5.41, 5.74) is 11.6. The van der Waals surface area contributed by atoms with Crippen LogP contribution in [0.4, 0.5) is 0 Å². The maximum Gasteiger partial charge on any atom is 0.303 e. The van der Waals surface area contributed by atoms with Crippen LogP contribution in [0.3, 0.4) is 0 Å². The number of aliphatic hydroxyl groups is 1. The summed E-state index contributed by atoms with van der Waals surface area (Å²) < 4.78 is 11.3. The van der Waals surface area contributed by atoms with E-state index in [1.807, 2.05) is 6.07 Å². The number of carbonyl (C=O) groups is 2. The minimum Gasteiger partial charge on any atom is -0.504 e. The molecular formula is C29H46N4O6. The van der Waals surface area contributed by atoms with Crippen molar-refractivity contribution < 1.29 is 29.3 Å². The summed E-state index contributed by atoms with van der Waals surface area (Å²) in [5.74, 6) is 0.448. The van der Waals surface area contributed by atoms with Crippen LogP contribution < -0.4 is 16.2 Å². The molecule has 218 valence electrons. The first kappa shape index (κ1) is 30.5. The van der Waals surface area contributed by atoms with Crippen molar-refractivity contribution in [2.24, 2.45) is 28.3 Å². The zero-order valence-electron chi connectivity index (χ0n) is 23.7. The molecule has 10 nitrogen and oxygen atoms in total. The number of guanidine groups is 1. The average Bonchev–Trinajstić information content (AvgIpc) is 3.22. The second-order valence-electron chi connectivity index (χ2n) is 11.2. The molecule has 1 aliphatic carbocycles. The highest BCUT2D eigenvalue weighted by Gasteiger charge is 2.42. The van der Waals surface area contributed by atoms with E-state index in [9.17, 15) is 19.8 Å². The molecule has 2 fully saturated rings. The number of nitrogens with zero attached hydrogens (tertiary/aromatic N) is 2. The van der Waals surface area contributed by atoms with Crippen molar-refractivity contribution in [3.63, 3.8) is 0 Å². The lowest BCUT2D eigenvalue weighted by Gasteiger charge is -2.42. The van der Waals surface area contributed by atoms with E-state index in [0.29, 0.717) is 62.9 Å². The number of phenols is 1. The molecule has 1 aromatic carbocycles. The molecule has 0 unspecified atom stereocenters. The molecule has 0 radical (unpaired) electrons. The standard InChI is InChI=1S/C29H46N4O6/c1-4-5-6-22-8-11-29(16-24(22)35,39-19(2)34)10-7-20-13-23(27(37)25(14-20)38-3)18-33-17-21(15-26(33)36)9-12-32-28(30)31/h13-14,21-22,24,35,37H,4-12,15-18H2,1-3H3,(H4,30,31,32)/t21-,22+,24-,29+/m1/s1. The number of hydrogen-bond donors (Lipinski definition) is 4. The molecule has 1 saturated carbocycles. The van der Waals surface area contributed by atoms with Crippen LogP contribution in [-0.2, 0) is 27.3 Å². The number of unbranched alkanes of at least 4 members (excludes halogenated alkanes) is 1. The van der Waals surface area contributed by atoms with Gasteiger partial charge >= 0.3 is 5.97 Å². The number of phenolic OH excluding ortho intramolecular Hbond substituents is 1. The van der Waals surface area contributed by atoms with Gasteiger partial charge in [0.1, 0.15) is 5.60 Å². The van der Waals surface area contributed by atoms with Gasteiger partial charge in [-0.3, -0.25) is 14.6 Å². The van der Waals surface area contributed by atoms with Gasteiger partial charge in [-0.2, -0.15) is 0 Å². The molecule has 1 aromatic rings. The number of nitrogens with two attached hydrogens (primary N) is 2. The first-order valence-corrected chi connectivity index (χ1v) is 14.1. The van der Waals surface area contributed by atoms with Gasteiger partial charge in [0, 0.05) is 45.0 Å². The van der Waals surface area contributed by atoms with Crippen molar-refractivity contribution in [1.82, 2.24) is 4.90 Å². The van der Waals surface area contributed by atoms with E-state index in [0.717, 1.165) is 31.2 Å². The van der Waals surface area contributed by atoms with Gasteiger partial charge in [0.15, 0.2) is 17.5 Å². The van der Waals surface area contributed by atoms with Crippen LogP contribution in [0.25, 0.3) is 0 Å². The zero-order valence-corrected chi connectivity index (χ0v) is 23.7. The van der Waals surface area contributed by atoms with E-state index in [1.165, 1.54) is 14.0 Å². The molecule has 0 spiro atoms. The summed E-state index contributed by atoms with van der Waals surface area (Å²) in [7, 11) is 1.50. The van der Waals surface area contributed by atoms with Crippen LogP contribution >= 0.6 is 0 Å². The number of hydrogen-bond acceptors (Lipinski definition) is 7. The fourth-order valence-electron chi connectivity index (χ4n) is 6.07.